The van der Waals surface area contributed by atoms with Crippen molar-refractivity contribution in [1.82, 2.24) is 9.78 Å². The van der Waals surface area contributed by atoms with E-state index in [1.165, 1.54) is 11.0 Å². The van der Waals surface area contributed by atoms with Crippen molar-refractivity contribution in [1.29, 1.82) is 0 Å². The highest BCUT2D eigenvalue weighted by Gasteiger charge is 2.36. The lowest BCUT2D eigenvalue weighted by atomic mass is 10.1. The third-order valence-corrected chi connectivity index (χ3v) is 4.78. The fourth-order valence-corrected chi connectivity index (χ4v) is 3.34. The molecule has 1 atom stereocenters. The van der Waals surface area contributed by atoms with Crippen molar-refractivity contribution in [2.45, 2.75) is 13.0 Å². The molecule has 0 bridgehead atoms. The topological polar surface area (TPSA) is 67.2 Å². The second-order valence-electron chi connectivity index (χ2n) is 6.71. The zero-order valence-corrected chi connectivity index (χ0v) is 15.1. The van der Waals surface area contributed by atoms with Gasteiger partial charge in [-0.3, -0.25) is 9.59 Å². The summed E-state index contributed by atoms with van der Waals surface area (Å²) >= 11 is 0. The number of nitrogens with zero attached hydrogens (tertiary/aromatic N) is 3. The van der Waals surface area contributed by atoms with Gasteiger partial charge in [0.25, 0.3) is 0 Å². The maximum Gasteiger partial charge on any atom is 0.230 e. The van der Waals surface area contributed by atoms with Gasteiger partial charge in [-0.2, -0.15) is 5.10 Å². The van der Waals surface area contributed by atoms with Crippen LogP contribution in [-0.4, -0.2) is 28.1 Å². The number of anilines is 2. The molecule has 28 heavy (non-hydrogen) atoms. The molecule has 142 valence electrons. The summed E-state index contributed by atoms with van der Waals surface area (Å²) in [5, 5.41) is 7.10. The van der Waals surface area contributed by atoms with Crippen molar-refractivity contribution in [2.75, 3.05) is 16.8 Å². The van der Waals surface area contributed by atoms with E-state index in [4.69, 9.17) is 0 Å². The smallest absolute Gasteiger partial charge is 0.230 e. The SMILES string of the molecule is O=C(Nc1ccnn1Cc1ccccc1)[C@@H]1CC(=O)N(c2ccccc2F)C1. The number of benzene rings is 2. The average Bonchev–Trinajstić information content (AvgIpc) is 3.29. The monoisotopic (exact) mass is 378 g/mol. The standard InChI is InChI=1S/C21H19FN4O2/c22-17-8-4-5-9-18(17)25-14-16(12-20(25)27)21(28)24-19-10-11-23-26(19)13-15-6-2-1-3-7-15/h1-11,16H,12-14H2,(H,24,28)/t16-/m1/s1. The van der Waals surface area contributed by atoms with Crippen LogP contribution in [0, 0.1) is 11.7 Å². The van der Waals surface area contributed by atoms with Gasteiger partial charge in [-0.15, -0.1) is 0 Å². The molecule has 1 aromatic heterocycles. The minimum atomic E-state index is -0.549. The third kappa shape index (κ3) is 3.64. The van der Waals surface area contributed by atoms with Crippen molar-refractivity contribution in [2.24, 2.45) is 5.92 Å². The molecule has 0 aliphatic carbocycles. The first-order valence-corrected chi connectivity index (χ1v) is 9.03. The number of carbonyl (C=O) groups excluding carboxylic acids is 2. The molecule has 6 nitrogen and oxygen atoms in total. The second kappa shape index (κ2) is 7.64. The van der Waals surface area contributed by atoms with Gasteiger partial charge in [-0.05, 0) is 17.7 Å². The van der Waals surface area contributed by atoms with E-state index in [9.17, 15) is 14.0 Å². The van der Waals surface area contributed by atoms with Crippen LogP contribution in [0.15, 0.2) is 66.9 Å². The molecule has 0 spiro atoms. The van der Waals surface area contributed by atoms with Crippen LogP contribution in [0.1, 0.15) is 12.0 Å². The molecule has 1 fully saturated rings. The summed E-state index contributed by atoms with van der Waals surface area (Å²) in [5.41, 5.74) is 1.26. The summed E-state index contributed by atoms with van der Waals surface area (Å²) in [6.45, 7) is 0.673. The molecule has 2 heterocycles. The van der Waals surface area contributed by atoms with Gasteiger partial charge in [0.15, 0.2) is 0 Å². The van der Waals surface area contributed by atoms with Crippen molar-refractivity contribution in [3.05, 3.63) is 78.2 Å². The highest BCUT2D eigenvalue weighted by molar-refractivity contribution is 6.03. The Morgan fingerprint density at radius 2 is 1.86 bits per heavy atom. The summed E-state index contributed by atoms with van der Waals surface area (Å²) in [5.74, 6) is -0.999. The van der Waals surface area contributed by atoms with Gasteiger partial charge in [0.1, 0.15) is 11.6 Å². The van der Waals surface area contributed by atoms with Gasteiger partial charge in [-0.1, -0.05) is 42.5 Å². The van der Waals surface area contributed by atoms with Gasteiger partial charge < -0.3 is 10.2 Å². The summed E-state index contributed by atoms with van der Waals surface area (Å²) in [7, 11) is 0. The Bertz CT molecular complexity index is 1000. The highest BCUT2D eigenvalue weighted by atomic mass is 19.1. The molecule has 4 rings (SSSR count). The van der Waals surface area contributed by atoms with Crippen LogP contribution < -0.4 is 10.2 Å². The number of hydrogen-bond acceptors (Lipinski definition) is 3. The molecule has 2 amide bonds. The van der Waals surface area contributed by atoms with Gasteiger partial charge >= 0.3 is 0 Å². The van der Waals surface area contributed by atoms with Crippen LogP contribution in [0.5, 0.6) is 0 Å². The Hall–Kier alpha value is -3.48. The Labute approximate surface area is 161 Å². The predicted molar refractivity (Wildman–Crippen MR) is 103 cm³/mol. The molecule has 1 saturated heterocycles. The number of para-hydroxylation sites is 1. The van der Waals surface area contributed by atoms with Crippen molar-refractivity contribution < 1.29 is 14.0 Å². The second-order valence-corrected chi connectivity index (χ2v) is 6.71. The number of carbonyl (C=O) groups is 2. The van der Waals surface area contributed by atoms with E-state index >= 15 is 0 Å². The first-order chi connectivity index (χ1) is 13.6. The summed E-state index contributed by atoms with van der Waals surface area (Å²) in [4.78, 5) is 26.3. The van der Waals surface area contributed by atoms with Crippen LogP contribution in [0.2, 0.25) is 0 Å². The van der Waals surface area contributed by atoms with E-state index in [1.807, 2.05) is 30.3 Å². The molecule has 0 saturated carbocycles. The molecule has 3 aromatic rings. The van der Waals surface area contributed by atoms with E-state index in [0.29, 0.717) is 12.4 Å². The predicted octanol–water partition coefficient (Wildman–Crippen LogP) is 3.06. The van der Waals surface area contributed by atoms with Crippen molar-refractivity contribution in [3.63, 3.8) is 0 Å². The zero-order chi connectivity index (χ0) is 19.5. The molecule has 1 aliphatic rings. The number of nitrogens with one attached hydrogen (secondary N) is 1. The number of rotatable bonds is 5. The number of amides is 2. The average molecular weight is 378 g/mol. The Morgan fingerprint density at radius 3 is 2.64 bits per heavy atom. The van der Waals surface area contributed by atoms with Crippen LogP contribution in [-0.2, 0) is 16.1 Å². The zero-order valence-electron chi connectivity index (χ0n) is 15.1. The Kier molecular flexibility index (Phi) is 4.89. The lowest BCUT2D eigenvalue weighted by molar-refractivity contribution is -0.122. The fourth-order valence-electron chi connectivity index (χ4n) is 3.34. The van der Waals surface area contributed by atoms with Crippen LogP contribution in [0.3, 0.4) is 0 Å². The molecular weight excluding hydrogens is 359 g/mol. The maximum atomic E-state index is 14.0. The number of hydrogen-bond donors (Lipinski definition) is 1. The first-order valence-electron chi connectivity index (χ1n) is 9.03. The van der Waals surface area contributed by atoms with E-state index < -0.39 is 11.7 Å². The molecule has 2 aromatic carbocycles. The fraction of sp³-hybridized carbons (Fsp3) is 0.190. The van der Waals surface area contributed by atoms with Crippen molar-refractivity contribution >= 4 is 23.3 Å². The molecule has 7 heteroatoms. The largest absolute Gasteiger partial charge is 0.311 e. The molecule has 1 N–H and O–H groups in total. The van der Waals surface area contributed by atoms with E-state index in [2.05, 4.69) is 10.4 Å². The lowest BCUT2D eigenvalue weighted by Crippen LogP contribution is -2.29. The maximum absolute atomic E-state index is 14.0. The molecule has 0 radical (unpaired) electrons. The number of aromatic nitrogens is 2. The van der Waals surface area contributed by atoms with E-state index in [1.54, 1.807) is 35.1 Å². The van der Waals surface area contributed by atoms with Crippen LogP contribution in [0.4, 0.5) is 15.9 Å². The molecular formula is C21H19FN4O2. The van der Waals surface area contributed by atoms with Crippen LogP contribution in [0.25, 0.3) is 0 Å². The summed E-state index contributed by atoms with van der Waals surface area (Å²) in [6, 6.07) is 17.6. The quantitative estimate of drug-likeness (QED) is 0.742. The number of halogens is 1. The minimum absolute atomic E-state index is 0.0486. The Morgan fingerprint density at radius 1 is 1.11 bits per heavy atom. The molecule has 1 aliphatic heterocycles. The Balaban J connectivity index is 1.45. The van der Waals surface area contributed by atoms with Crippen LogP contribution >= 0.6 is 0 Å². The van der Waals surface area contributed by atoms with E-state index in [0.717, 1.165) is 5.56 Å². The van der Waals surface area contributed by atoms with Gasteiger partial charge in [-0.25, -0.2) is 9.07 Å². The normalized spacial score (nSPS) is 16.4. The highest BCUT2D eigenvalue weighted by Crippen LogP contribution is 2.28. The van der Waals surface area contributed by atoms with Gasteiger partial charge in [0.2, 0.25) is 11.8 Å². The van der Waals surface area contributed by atoms with E-state index in [-0.39, 0.29) is 30.5 Å². The summed E-state index contributed by atoms with van der Waals surface area (Å²) in [6.07, 6.45) is 1.66. The first kappa shape index (κ1) is 17.9. The van der Waals surface area contributed by atoms with Gasteiger partial charge in [0, 0.05) is 19.0 Å². The third-order valence-electron chi connectivity index (χ3n) is 4.78. The lowest BCUT2D eigenvalue weighted by Gasteiger charge is -2.17. The summed E-state index contributed by atoms with van der Waals surface area (Å²) < 4.78 is 15.7. The minimum Gasteiger partial charge on any atom is -0.311 e. The van der Waals surface area contributed by atoms with Crippen molar-refractivity contribution in [3.8, 4) is 0 Å². The van der Waals surface area contributed by atoms with Gasteiger partial charge in [0.05, 0.1) is 24.3 Å². The molecule has 0 unspecified atom stereocenters.